The number of aliphatic hydroxyl groups excluding tert-OH is 1. The quantitative estimate of drug-likeness (QED) is 0.664. The maximum absolute atomic E-state index is 13.3. The molecule has 7 nitrogen and oxygen atoms in total. The number of hydrogen-bond acceptors (Lipinski definition) is 7. The molecule has 1 aliphatic heterocycles. The van der Waals surface area contributed by atoms with Crippen LogP contribution < -0.4 is 0 Å². The highest BCUT2D eigenvalue weighted by atomic mass is 32.1. The highest BCUT2D eigenvalue weighted by Crippen LogP contribution is 2.41. The monoisotopic (exact) mass is 395 g/mol. The highest BCUT2D eigenvalue weighted by molar-refractivity contribution is 7.14. The van der Waals surface area contributed by atoms with Crippen molar-refractivity contribution in [2.45, 2.75) is 26.4 Å². The lowest BCUT2D eigenvalue weighted by Gasteiger charge is -2.24. The molecule has 1 amide bonds. The van der Waals surface area contributed by atoms with Gasteiger partial charge >= 0.3 is 0 Å². The van der Waals surface area contributed by atoms with Crippen molar-refractivity contribution in [3.05, 3.63) is 81.2 Å². The first-order chi connectivity index (χ1) is 13.5. The molecule has 0 saturated carbocycles. The van der Waals surface area contributed by atoms with Crippen LogP contribution in [0.3, 0.4) is 0 Å². The van der Waals surface area contributed by atoms with Gasteiger partial charge in [0.05, 0.1) is 27.4 Å². The lowest BCUT2D eigenvalue weighted by atomic mass is 9.99. The van der Waals surface area contributed by atoms with Crippen LogP contribution in [-0.4, -0.2) is 31.7 Å². The first kappa shape index (κ1) is 18.1. The van der Waals surface area contributed by atoms with Crippen LogP contribution in [-0.2, 0) is 11.3 Å². The molecule has 0 unspecified atom stereocenters. The Morgan fingerprint density at radius 1 is 1.32 bits per heavy atom. The minimum Gasteiger partial charge on any atom is -0.503 e. The number of thiazole rings is 1. The Kier molecular flexibility index (Phi) is 4.56. The normalized spacial score (nSPS) is 16.9. The van der Waals surface area contributed by atoms with E-state index in [1.54, 1.807) is 44.4 Å². The van der Waals surface area contributed by atoms with Crippen LogP contribution in [0.5, 0.6) is 0 Å². The van der Waals surface area contributed by atoms with Gasteiger partial charge in [0.25, 0.3) is 5.91 Å². The molecule has 0 radical (unpaired) electrons. The van der Waals surface area contributed by atoms with E-state index in [0.29, 0.717) is 16.3 Å². The fraction of sp³-hybridized carbons (Fsp3) is 0.200. The Hall–Kier alpha value is -3.26. The molecular formula is C20H17N3O4S. The largest absolute Gasteiger partial charge is 0.503 e. The van der Waals surface area contributed by atoms with E-state index in [-0.39, 0.29) is 12.1 Å². The third-order valence-electron chi connectivity index (χ3n) is 4.55. The van der Waals surface area contributed by atoms with Crippen molar-refractivity contribution in [3.63, 3.8) is 0 Å². The molecule has 1 atom stereocenters. The van der Waals surface area contributed by atoms with Crippen molar-refractivity contribution in [1.29, 1.82) is 0 Å². The first-order valence-corrected chi connectivity index (χ1v) is 9.44. The van der Waals surface area contributed by atoms with Crippen LogP contribution >= 0.6 is 11.3 Å². The Morgan fingerprint density at radius 2 is 2.14 bits per heavy atom. The summed E-state index contributed by atoms with van der Waals surface area (Å²) in [6.45, 7) is 3.72. The van der Waals surface area contributed by atoms with E-state index < -0.39 is 23.5 Å². The average molecular weight is 395 g/mol. The minimum atomic E-state index is -0.822. The standard InChI is InChI=1S/C20H17N3O4S/c1-11-19(28-12(2)22-11)17(24)15-16(14-6-4-8-27-14)23(20(26)18(15)25)10-13-5-3-7-21-9-13/h3-9,16,25H,10H2,1-2H3/t16-/m1/s1. The number of aryl methyl sites for hydroxylation is 2. The zero-order chi connectivity index (χ0) is 19.8. The lowest BCUT2D eigenvalue weighted by molar-refractivity contribution is -0.130. The summed E-state index contributed by atoms with van der Waals surface area (Å²) in [5.74, 6) is -1.18. The van der Waals surface area contributed by atoms with Crippen molar-refractivity contribution in [2.24, 2.45) is 0 Å². The second-order valence-corrected chi connectivity index (χ2v) is 7.65. The number of rotatable bonds is 5. The number of Topliss-reactive ketones (excluding diaryl/α,β-unsaturated/α-hetero) is 1. The zero-order valence-corrected chi connectivity index (χ0v) is 16.1. The smallest absolute Gasteiger partial charge is 0.290 e. The number of carbonyl (C=O) groups excluding carboxylic acids is 2. The summed E-state index contributed by atoms with van der Waals surface area (Å²) in [5, 5.41) is 11.3. The number of carbonyl (C=O) groups is 2. The van der Waals surface area contributed by atoms with Gasteiger partial charge in [-0.2, -0.15) is 0 Å². The first-order valence-electron chi connectivity index (χ1n) is 8.62. The molecule has 4 heterocycles. The van der Waals surface area contributed by atoms with Crippen LogP contribution in [0.4, 0.5) is 0 Å². The maximum Gasteiger partial charge on any atom is 0.290 e. The zero-order valence-electron chi connectivity index (χ0n) is 15.2. The minimum absolute atomic E-state index is 0.00981. The van der Waals surface area contributed by atoms with Gasteiger partial charge in [-0.1, -0.05) is 6.07 Å². The number of aliphatic hydroxyl groups is 1. The van der Waals surface area contributed by atoms with Crippen LogP contribution in [0.25, 0.3) is 0 Å². The van der Waals surface area contributed by atoms with Crippen molar-refractivity contribution >= 4 is 23.0 Å². The summed E-state index contributed by atoms with van der Waals surface area (Å²) in [5.41, 5.74) is 1.36. The molecule has 0 saturated heterocycles. The lowest BCUT2D eigenvalue weighted by Crippen LogP contribution is -2.30. The van der Waals surface area contributed by atoms with Gasteiger partial charge in [-0.3, -0.25) is 14.6 Å². The van der Waals surface area contributed by atoms with Crippen LogP contribution in [0.2, 0.25) is 0 Å². The van der Waals surface area contributed by atoms with Gasteiger partial charge in [0, 0.05) is 18.9 Å². The van der Waals surface area contributed by atoms with Gasteiger partial charge in [0.2, 0.25) is 5.78 Å². The number of hydrogen-bond donors (Lipinski definition) is 1. The SMILES string of the molecule is Cc1nc(C)c(C(=O)C2=C(O)C(=O)N(Cc3cccnc3)[C@@H]2c2ccco2)s1. The van der Waals surface area contributed by atoms with Gasteiger partial charge in [-0.25, -0.2) is 4.98 Å². The maximum atomic E-state index is 13.3. The molecule has 4 rings (SSSR count). The van der Waals surface area contributed by atoms with Gasteiger partial charge in [0.1, 0.15) is 11.8 Å². The van der Waals surface area contributed by atoms with E-state index in [2.05, 4.69) is 9.97 Å². The van der Waals surface area contributed by atoms with Gasteiger partial charge in [0.15, 0.2) is 5.76 Å². The molecule has 0 aliphatic carbocycles. The summed E-state index contributed by atoms with van der Waals surface area (Å²) < 4.78 is 5.51. The Labute approximate surface area is 165 Å². The summed E-state index contributed by atoms with van der Waals surface area (Å²) in [6.07, 6.45) is 4.75. The molecule has 3 aromatic rings. The molecule has 3 aromatic heterocycles. The Bertz CT molecular complexity index is 1070. The molecule has 0 aromatic carbocycles. The summed E-state index contributed by atoms with van der Waals surface area (Å²) in [4.78, 5) is 36.3. The molecule has 0 spiro atoms. The van der Waals surface area contributed by atoms with Crippen molar-refractivity contribution < 1.29 is 19.1 Å². The number of ketones is 1. The average Bonchev–Trinajstić information content (AvgIpc) is 3.37. The molecular weight excluding hydrogens is 378 g/mol. The number of amides is 1. The number of nitrogens with zero attached hydrogens (tertiary/aromatic N) is 3. The van der Waals surface area contributed by atoms with Crippen molar-refractivity contribution in [2.75, 3.05) is 0 Å². The number of pyridine rings is 1. The second kappa shape index (κ2) is 7.05. The van der Waals surface area contributed by atoms with Crippen LogP contribution in [0, 0.1) is 13.8 Å². The predicted molar refractivity (Wildman–Crippen MR) is 102 cm³/mol. The summed E-state index contributed by atoms with van der Waals surface area (Å²) in [7, 11) is 0. The molecule has 8 heteroatoms. The van der Waals surface area contributed by atoms with E-state index in [9.17, 15) is 14.7 Å². The molecule has 1 aliphatic rings. The Morgan fingerprint density at radius 3 is 2.75 bits per heavy atom. The van der Waals surface area contributed by atoms with E-state index >= 15 is 0 Å². The van der Waals surface area contributed by atoms with E-state index in [4.69, 9.17) is 4.42 Å². The van der Waals surface area contributed by atoms with Crippen LogP contribution in [0.15, 0.2) is 58.7 Å². The molecule has 142 valence electrons. The summed E-state index contributed by atoms with van der Waals surface area (Å²) in [6, 6.07) is 6.14. The molecule has 0 bridgehead atoms. The Balaban J connectivity index is 1.78. The van der Waals surface area contributed by atoms with Gasteiger partial charge in [-0.15, -0.1) is 11.3 Å². The highest BCUT2D eigenvalue weighted by Gasteiger charge is 2.45. The number of aromatic nitrogens is 2. The number of furan rings is 1. The molecule has 0 fully saturated rings. The van der Waals surface area contributed by atoms with Crippen LogP contribution in [0.1, 0.15) is 37.7 Å². The topological polar surface area (TPSA) is 96.5 Å². The van der Waals surface area contributed by atoms with E-state index in [1.807, 2.05) is 6.07 Å². The van der Waals surface area contributed by atoms with E-state index in [0.717, 1.165) is 10.6 Å². The fourth-order valence-corrected chi connectivity index (χ4v) is 4.22. The third kappa shape index (κ3) is 3.01. The second-order valence-electron chi connectivity index (χ2n) is 6.45. The van der Waals surface area contributed by atoms with E-state index in [1.165, 1.54) is 22.5 Å². The van der Waals surface area contributed by atoms with Crippen molar-refractivity contribution in [3.8, 4) is 0 Å². The molecule has 28 heavy (non-hydrogen) atoms. The molecule has 1 N–H and O–H groups in total. The fourth-order valence-electron chi connectivity index (χ4n) is 3.34. The predicted octanol–water partition coefficient (Wildman–Crippen LogP) is 3.53. The third-order valence-corrected chi connectivity index (χ3v) is 5.62. The van der Waals surface area contributed by atoms with Gasteiger partial charge < -0.3 is 14.4 Å². The van der Waals surface area contributed by atoms with Crippen molar-refractivity contribution in [1.82, 2.24) is 14.9 Å². The van der Waals surface area contributed by atoms with Gasteiger partial charge in [-0.05, 0) is 37.6 Å². The summed E-state index contributed by atoms with van der Waals surface area (Å²) >= 11 is 1.24.